The lowest BCUT2D eigenvalue weighted by atomic mass is 10.0. The summed E-state index contributed by atoms with van der Waals surface area (Å²) in [5.74, 6) is 0.350. The van der Waals surface area contributed by atoms with Crippen molar-refractivity contribution in [3.63, 3.8) is 0 Å². The molecule has 3 aromatic heterocycles. The van der Waals surface area contributed by atoms with Crippen LogP contribution in [0.3, 0.4) is 0 Å². The van der Waals surface area contributed by atoms with Gasteiger partial charge in [-0.3, -0.25) is 4.98 Å². The van der Waals surface area contributed by atoms with Gasteiger partial charge in [0, 0.05) is 54.6 Å². The quantitative estimate of drug-likeness (QED) is 0.468. The van der Waals surface area contributed by atoms with Crippen molar-refractivity contribution in [2.24, 2.45) is 0 Å². The van der Waals surface area contributed by atoms with E-state index in [4.69, 9.17) is 0 Å². The number of hydrogen-bond donors (Lipinski definition) is 3. The van der Waals surface area contributed by atoms with Gasteiger partial charge in [0.2, 0.25) is 0 Å². The first-order chi connectivity index (χ1) is 16.3. The zero-order valence-electron chi connectivity index (χ0n) is 18.4. The van der Waals surface area contributed by atoms with Gasteiger partial charge >= 0.3 is 6.18 Å². The third kappa shape index (κ3) is 4.08. The topological polar surface area (TPSA) is 106 Å². The lowest BCUT2D eigenvalue weighted by Crippen LogP contribution is -2.38. The monoisotopic (exact) mass is 488 g/mol. The van der Waals surface area contributed by atoms with Crippen molar-refractivity contribution in [1.82, 2.24) is 20.3 Å². The van der Waals surface area contributed by atoms with E-state index in [2.05, 4.69) is 31.7 Å². The Morgan fingerprint density at radius 2 is 1.94 bits per heavy atom. The third-order valence-corrected chi connectivity index (χ3v) is 9.99. The molecule has 3 aromatic rings. The van der Waals surface area contributed by atoms with E-state index in [0.29, 0.717) is 35.5 Å². The van der Waals surface area contributed by atoms with Gasteiger partial charge in [0.05, 0.1) is 27.5 Å². The maximum Gasteiger partial charge on any atom is 0.418 e. The average Bonchev–Trinajstić information content (AvgIpc) is 3.45. The van der Waals surface area contributed by atoms with Crippen molar-refractivity contribution in [3.8, 4) is 17.2 Å². The molecule has 2 saturated heterocycles. The van der Waals surface area contributed by atoms with Crippen LogP contribution >= 0.6 is 7.14 Å². The molecule has 0 bridgehead atoms. The van der Waals surface area contributed by atoms with Crippen LogP contribution in [0.4, 0.5) is 19.0 Å². The smallest absolute Gasteiger partial charge is 0.366 e. The second-order valence-electron chi connectivity index (χ2n) is 8.90. The third-order valence-electron chi connectivity index (χ3n) is 6.63. The van der Waals surface area contributed by atoms with Crippen LogP contribution < -0.4 is 15.9 Å². The van der Waals surface area contributed by atoms with Crippen LogP contribution in [0.15, 0.2) is 24.7 Å². The zero-order chi connectivity index (χ0) is 23.9. The van der Waals surface area contributed by atoms with E-state index in [1.54, 1.807) is 0 Å². The van der Waals surface area contributed by atoms with Crippen LogP contribution in [0, 0.1) is 11.3 Å². The van der Waals surface area contributed by atoms with Crippen molar-refractivity contribution in [2.75, 3.05) is 30.7 Å². The minimum Gasteiger partial charge on any atom is -0.366 e. The lowest BCUT2D eigenvalue weighted by molar-refractivity contribution is -0.137. The number of nitriles is 1. The molecule has 0 spiro atoms. The number of halogens is 3. The Morgan fingerprint density at radius 1 is 1.15 bits per heavy atom. The molecule has 0 aromatic carbocycles. The number of nitrogens with zero attached hydrogens (tertiary/aromatic N) is 3. The van der Waals surface area contributed by atoms with E-state index in [1.165, 1.54) is 18.5 Å². The molecule has 1 atom stereocenters. The van der Waals surface area contributed by atoms with E-state index < -0.39 is 18.9 Å². The number of hydrogen-bond acceptors (Lipinski definition) is 6. The van der Waals surface area contributed by atoms with E-state index in [1.807, 2.05) is 0 Å². The molecule has 0 amide bonds. The van der Waals surface area contributed by atoms with Gasteiger partial charge in [-0.1, -0.05) is 0 Å². The number of fused-ring (bicyclic) bond motifs is 1. The highest BCUT2D eigenvalue weighted by Crippen LogP contribution is 2.53. The molecule has 0 unspecified atom stereocenters. The normalized spacial score (nSPS) is 20.4. The SMILES string of the molecule is N#Cc1cnc2c(-c3cc(N[C@H]4CCCNC4)ncc3C(F)(F)F)c[nH]c2c1P1(=O)CCCC1. The van der Waals surface area contributed by atoms with Crippen LogP contribution in [-0.4, -0.2) is 46.4 Å². The first kappa shape index (κ1) is 22.9. The molecule has 34 heavy (non-hydrogen) atoms. The summed E-state index contributed by atoms with van der Waals surface area (Å²) in [6.07, 6.45) is 3.46. The molecule has 11 heteroatoms. The van der Waals surface area contributed by atoms with Gasteiger partial charge in [-0.05, 0) is 38.3 Å². The van der Waals surface area contributed by atoms with Gasteiger partial charge in [-0.25, -0.2) is 4.98 Å². The van der Waals surface area contributed by atoms with Gasteiger partial charge in [0.25, 0.3) is 0 Å². The van der Waals surface area contributed by atoms with Crippen molar-refractivity contribution in [2.45, 2.75) is 37.9 Å². The van der Waals surface area contributed by atoms with Gasteiger partial charge in [-0.15, -0.1) is 0 Å². The first-order valence-corrected chi connectivity index (χ1v) is 13.4. The number of aromatic nitrogens is 3. The number of anilines is 1. The number of aromatic amines is 1. The number of piperidine rings is 1. The number of pyridine rings is 2. The van der Waals surface area contributed by atoms with E-state index in [-0.39, 0.29) is 28.2 Å². The molecule has 7 nitrogen and oxygen atoms in total. The number of H-pyrrole nitrogens is 1. The minimum absolute atomic E-state index is 0.0621. The van der Waals surface area contributed by atoms with Gasteiger partial charge < -0.3 is 20.2 Å². The number of alkyl halides is 3. The Hall–Kier alpha value is -2.89. The Labute approximate surface area is 194 Å². The predicted molar refractivity (Wildman–Crippen MR) is 125 cm³/mol. The minimum atomic E-state index is -4.62. The molecule has 0 radical (unpaired) electrons. The average molecular weight is 488 g/mol. The lowest BCUT2D eigenvalue weighted by Gasteiger charge is -2.24. The summed E-state index contributed by atoms with van der Waals surface area (Å²) in [6, 6.07) is 3.54. The van der Waals surface area contributed by atoms with Crippen LogP contribution in [-0.2, 0) is 10.7 Å². The number of nitrogens with one attached hydrogen (secondary N) is 3. The largest absolute Gasteiger partial charge is 0.418 e. The second kappa shape index (κ2) is 8.71. The fraction of sp³-hybridized carbons (Fsp3) is 0.435. The Morgan fingerprint density at radius 3 is 2.62 bits per heavy atom. The van der Waals surface area contributed by atoms with E-state index >= 15 is 0 Å². The molecule has 2 aliphatic heterocycles. The van der Waals surface area contributed by atoms with Crippen LogP contribution in [0.1, 0.15) is 36.8 Å². The molecular weight excluding hydrogens is 464 g/mol. The summed E-state index contributed by atoms with van der Waals surface area (Å²) in [5, 5.41) is 16.5. The molecule has 0 saturated carbocycles. The standard InChI is InChI=1S/C23H24F3N6OP/c24-23(25,26)18-13-29-19(32-15-4-3-5-28-11-15)8-16(18)17-12-31-21-20(17)30-10-14(9-27)22(21)34(33)6-1-2-7-34/h8,10,12-13,15,28,31H,1-7,11H2,(H,29,32)/t15-/m0/s1. The van der Waals surface area contributed by atoms with Gasteiger partial charge in [0.15, 0.2) is 0 Å². The zero-order valence-corrected chi connectivity index (χ0v) is 19.3. The summed E-state index contributed by atoms with van der Waals surface area (Å²) >= 11 is 0. The Kier molecular flexibility index (Phi) is 5.86. The van der Waals surface area contributed by atoms with Crippen molar-refractivity contribution in [1.29, 1.82) is 5.26 Å². The molecule has 2 fully saturated rings. The second-order valence-corrected chi connectivity index (χ2v) is 12.0. The molecule has 3 N–H and O–H groups in total. The molecule has 0 aliphatic carbocycles. The molecule has 5 rings (SSSR count). The Bertz CT molecular complexity index is 1310. The van der Waals surface area contributed by atoms with Crippen molar-refractivity contribution in [3.05, 3.63) is 35.8 Å². The highest BCUT2D eigenvalue weighted by atomic mass is 31.2. The van der Waals surface area contributed by atoms with Gasteiger partial charge in [-0.2, -0.15) is 18.4 Å². The summed E-state index contributed by atoms with van der Waals surface area (Å²) in [4.78, 5) is 11.4. The molecule has 2 aliphatic rings. The molecule has 178 valence electrons. The summed E-state index contributed by atoms with van der Waals surface area (Å²) in [5.41, 5.74) is 0.178. The summed E-state index contributed by atoms with van der Waals surface area (Å²) in [7, 11) is -2.83. The van der Waals surface area contributed by atoms with Gasteiger partial charge in [0.1, 0.15) is 19.0 Å². The van der Waals surface area contributed by atoms with Crippen molar-refractivity contribution >= 4 is 29.3 Å². The first-order valence-electron chi connectivity index (χ1n) is 11.3. The molecular formula is C23H24F3N6OP. The highest BCUT2D eigenvalue weighted by molar-refractivity contribution is 7.72. The van der Waals surface area contributed by atoms with Crippen LogP contribution in [0.5, 0.6) is 0 Å². The van der Waals surface area contributed by atoms with E-state index in [0.717, 1.165) is 38.4 Å². The molecule has 5 heterocycles. The van der Waals surface area contributed by atoms with Crippen molar-refractivity contribution < 1.29 is 17.7 Å². The highest BCUT2D eigenvalue weighted by Gasteiger charge is 2.37. The number of rotatable bonds is 4. The van der Waals surface area contributed by atoms with Crippen LogP contribution in [0.25, 0.3) is 22.2 Å². The van der Waals surface area contributed by atoms with E-state index in [9.17, 15) is 23.0 Å². The maximum atomic E-state index is 13.9. The fourth-order valence-corrected chi connectivity index (χ4v) is 8.27. The Balaban J connectivity index is 1.66. The fourth-order valence-electron chi connectivity index (χ4n) is 5.00. The maximum absolute atomic E-state index is 13.9. The summed E-state index contributed by atoms with van der Waals surface area (Å²) < 4.78 is 55.5. The van der Waals surface area contributed by atoms with Crippen LogP contribution in [0.2, 0.25) is 0 Å². The summed E-state index contributed by atoms with van der Waals surface area (Å²) in [6.45, 7) is 1.63. The predicted octanol–water partition coefficient (Wildman–Crippen LogP) is 4.46.